The maximum absolute atomic E-state index is 10.3. The zero-order chi connectivity index (χ0) is 13.7. The quantitative estimate of drug-likeness (QED) is 0.847. The number of aliphatic hydroxyl groups is 1. The molecule has 0 aliphatic carbocycles. The van der Waals surface area contributed by atoms with Crippen molar-refractivity contribution in [2.75, 3.05) is 0 Å². The molecule has 0 saturated heterocycles. The molecule has 0 spiro atoms. The van der Waals surface area contributed by atoms with Gasteiger partial charge in [-0.25, -0.2) is 0 Å². The van der Waals surface area contributed by atoms with E-state index in [1.54, 1.807) is 0 Å². The molecule has 1 unspecified atom stereocenters. The normalized spacial score (nSPS) is 12.4. The van der Waals surface area contributed by atoms with Gasteiger partial charge >= 0.3 is 0 Å². The van der Waals surface area contributed by atoms with Gasteiger partial charge in [-0.2, -0.15) is 0 Å². The van der Waals surface area contributed by atoms with Gasteiger partial charge in [-0.1, -0.05) is 67.4 Å². The predicted octanol–water partition coefficient (Wildman–Crippen LogP) is 4.57. The molecule has 1 nitrogen and oxygen atoms in total. The first-order valence-corrected chi connectivity index (χ1v) is 7.09. The first-order valence-electron chi connectivity index (χ1n) is 6.71. The zero-order valence-corrected chi connectivity index (χ0v) is 11.9. The first-order chi connectivity index (χ1) is 9.20. The van der Waals surface area contributed by atoms with Gasteiger partial charge < -0.3 is 5.11 Å². The van der Waals surface area contributed by atoms with Crippen LogP contribution in [0.2, 0.25) is 5.02 Å². The Morgan fingerprint density at radius 3 is 2.37 bits per heavy atom. The summed E-state index contributed by atoms with van der Waals surface area (Å²) in [5.41, 5.74) is 3.24. The number of aliphatic hydroxyl groups excluding tert-OH is 1. The van der Waals surface area contributed by atoms with Gasteiger partial charge in [0, 0.05) is 11.4 Å². The van der Waals surface area contributed by atoms with Crippen LogP contribution in [-0.4, -0.2) is 5.11 Å². The van der Waals surface area contributed by atoms with Crippen molar-refractivity contribution in [3.8, 4) is 0 Å². The average Bonchev–Trinajstić information content (AvgIpc) is 2.42. The summed E-state index contributed by atoms with van der Waals surface area (Å²) < 4.78 is 0. The standard InChI is InChI=1S/C17H19ClO/c1-2-5-13-8-10-14(11-9-13)17(19)12-15-6-3-4-7-16(15)18/h3-4,6-11,17,19H,2,5,12H2,1H3. The molecule has 100 valence electrons. The number of benzene rings is 2. The minimum absolute atomic E-state index is 0.504. The van der Waals surface area contributed by atoms with E-state index < -0.39 is 6.10 Å². The molecule has 1 atom stereocenters. The molecule has 0 aromatic heterocycles. The Morgan fingerprint density at radius 2 is 1.74 bits per heavy atom. The second-order valence-corrected chi connectivity index (χ2v) is 5.21. The van der Waals surface area contributed by atoms with Crippen molar-refractivity contribution < 1.29 is 5.11 Å². The highest BCUT2D eigenvalue weighted by Crippen LogP contribution is 2.23. The molecule has 2 aromatic carbocycles. The number of hydrogen-bond donors (Lipinski definition) is 1. The molecule has 0 aliphatic rings. The fraction of sp³-hybridized carbons (Fsp3) is 0.294. The van der Waals surface area contributed by atoms with E-state index in [0.717, 1.165) is 24.0 Å². The number of rotatable bonds is 5. The fourth-order valence-electron chi connectivity index (χ4n) is 2.19. The van der Waals surface area contributed by atoms with Crippen LogP contribution in [-0.2, 0) is 12.8 Å². The van der Waals surface area contributed by atoms with Crippen LogP contribution >= 0.6 is 11.6 Å². The van der Waals surface area contributed by atoms with E-state index in [2.05, 4.69) is 19.1 Å². The molecule has 0 saturated carbocycles. The molecular formula is C17H19ClO. The van der Waals surface area contributed by atoms with Crippen molar-refractivity contribution in [1.82, 2.24) is 0 Å². The van der Waals surface area contributed by atoms with Gasteiger partial charge in [0.25, 0.3) is 0 Å². The van der Waals surface area contributed by atoms with E-state index in [-0.39, 0.29) is 0 Å². The smallest absolute Gasteiger partial charge is 0.0830 e. The summed E-state index contributed by atoms with van der Waals surface area (Å²) >= 11 is 6.11. The van der Waals surface area contributed by atoms with Crippen LogP contribution < -0.4 is 0 Å². The Balaban J connectivity index is 2.07. The molecule has 2 heteroatoms. The molecular weight excluding hydrogens is 256 g/mol. The van der Waals surface area contributed by atoms with Crippen molar-refractivity contribution in [1.29, 1.82) is 0 Å². The van der Waals surface area contributed by atoms with Gasteiger partial charge in [0.2, 0.25) is 0 Å². The lowest BCUT2D eigenvalue weighted by Gasteiger charge is -2.12. The maximum Gasteiger partial charge on any atom is 0.0830 e. The van der Waals surface area contributed by atoms with Gasteiger partial charge in [-0.15, -0.1) is 0 Å². The molecule has 0 amide bonds. The number of halogens is 1. The third-order valence-electron chi connectivity index (χ3n) is 3.27. The Morgan fingerprint density at radius 1 is 1.05 bits per heavy atom. The first kappa shape index (κ1) is 14.1. The molecule has 0 bridgehead atoms. The van der Waals surface area contributed by atoms with Crippen LogP contribution in [0.4, 0.5) is 0 Å². The van der Waals surface area contributed by atoms with Crippen molar-refractivity contribution in [2.45, 2.75) is 32.3 Å². The summed E-state index contributed by atoms with van der Waals surface area (Å²) in [4.78, 5) is 0. The Labute approximate surface area is 119 Å². The van der Waals surface area contributed by atoms with E-state index in [9.17, 15) is 5.11 Å². The minimum Gasteiger partial charge on any atom is -0.388 e. The van der Waals surface area contributed by atoms with Gasteiger partial charge in [0.05, 0.1) is 6.10 Å². The van der Waals surface area contributed by atoms with E-state index in [1.807, 2.05) is 36.4 Å². The molecule has 19 heavy (non-hydrogen) atoms. The van der Waals surface area contributed by atoms with Crippen LogP contribution in [0, 0.1) is 0 Å². The highest BCUT2D eigenvalue weighted by Gasteiger charge is 2.10. The van der Waals surface area contributed by atoms with Gasteiger partial charge in [-0.3, -0.25) is 0 Å². The molecule has 1 N–H and O–H groups in total. The summed E-state index contributed by atoms with van der Waals surface area (Å²) in [6.07, 6.45) is 2.27. The molecule has 0 aliphatic heterocycles. The second kappa shape index (κ2) is 6.74. The highest BCUT2D eigenvalue weighted by atomic mass is 35.5. The second-order valence-electron chi connectivity index (χ2n) is 4.80. The van der Waals surface area contributed by atoms with E-state index in [1.165, 1.54) is 5.56 Å². The SMILES string of the molecule is CCCc1ccc(C(O)Cc2ccccc2Cl)cc1. The minimum atomic E-state index is -0.504. The van der Waals surface area contributed by atoms with Crippen LogP contribution in [0.25, 0.3) is 0 Å². The van der Waals surface area contributed by atoms with Crippen molar-refractivity contribution in [3.63, 3.8) is 0 Å². The third kappa shape index (κ3) is 3.82. The third-order valence-corrected chi connectivity index (χ3v) is 3.64. The Hall–Kier alpha value is -1.31. The van der Waals surface area contributed by atoms with Crippen molar-refractivity contribution >= 4 is 11.6 Å². The number of hydrogen-bond acceptors (Lipinski definition) is 1. The largest absolute Gasteiger partial charge is 0.388 e. The lowest BCUT2D eigenvalue weighted by Crippen LogP contribution is -2.02. The van der Waals surface area contributed by atoms with Gasteiger partial charge in [0.15, 0.2) is 0 Å². The monoisotopic (exact) mass is 274 g/mol. The summed E-state index contributed by atoms with van der Waals surface area (Å²) in [6, 6.07) is 15.9. The summed E-state index contributed by atoms with van der Waals surface area (Å²) in [7, 11) is 0. The van der Waals surface area contributed by atoms with Gasteiger partial charge in [0.1, 0.15) is 0 Å². The van der Waals surface area contributed by atoms with Crippen molar-refractivity contribution in [2.24, 2.45) is 0 Å². The highest BCUT2D eigenvalue weighted by molar-refractivity contribution is 6.31. The average molecular weight is 275 g/mol. The summed E-state index contributed by atoms with van der Waals surface area (Å²) in [6.45, 7) is 2.17. The van der Waals surface area contributed by atoms with Crippen LogP contribution in [0.3, 0.4) is 0 Å². The van der Waals surface area contributed by atoms with E-state index in [4.69, 9.17) is 11.6 Å². The maximum atomic E-state index is 10.3. The van der Waals surface area contributed by atoms with E-state index in [0.29, 0.717) is 11.4 Å². The topological polar surface area (TPSA) is 20.2 Å². The Kier molecular flexibility index (Phi) is 5.00. The van der Waals surface area contributed by atoms with Crippen LogP contribution in [0.15, 0.2) is 48.5 Å². The molecule has 0 radical (unpaired) electrons. The summed E-state index contributed by atoms with van der Waals surface area (Å²) in [5.74, 6) is 0. The molecule has 0 heterocycles. The van der Waals surface area contributed by atoms with Crippen LogP contribution in [0.1, 0.15) is 36.1 Å². The Bertz CT molecular complexity index is 519. The predicted molar refractivity (Wildman–Crippen MR) is 80.6 cm³/mol. The lowest BCUT2D eigenvalue weighted by atomic mass is 9.99. The van der Waals surface area contributed by atoms with Crippen LogP contribution in [0.5, 0.6) is 0 Å². The van der Waals surface area contributed by atoms with Gasteiger partial charge in [-0.05, 0) is 29.2 Å². The molecule has 0 fully saturated rings. The molecule has 2 aromatic rings. The number of aryl methyl sites for hydroxylation is 1. The van der Waals surface area contributed by atoms with Crippen molar-refractivity contribution in [3.05, 3.63) is 70.2 Å². The fourth-order valence-corrected chi connectivity index (χ4v) is 2.40. The molecule has 2 rings (SSSR count). The lowest BCUT2D eigenvalue weighted by molar-refractivity contribution is 0.178. The van der Waals surface area contributed by atoms with E-state index >= 15 is 0 Å². The zero-order valence-electron chi connectivity index (χ0n) is 11.1. The summed E-state index contributed by atoms with van der Waals surface area (Å²) in [5, 5.41) is 11.0.